The summed E-state index contributed by atoms with van der Waals surface area (Å²) in [6, 6.07) is 0. The maximum atomic E-state index is 12.6. The molecule has 1 saturated heterocycles. The molecule has 0 radical (unpaired) electrons. The van der Waals surface area contributed by atoms with Crippen LogP contribution in [0.4, 0.5) is 0 Å². The van der Waals surface area contributed by atoms with E-state index < -0.39 is 11.0 Å². The lowest BCUT2D eigenvalue weighted by molar-refractivity contribution is -0.411. The summed E-state index contributed by atoms with van der Waals surface area (Å²) in [5.74, 6) is -0.365. The number of ketones is 2. The van der Waals surface area contributed by atoms with Crippen LogP contribution in [0.25, 0.3) is 0 Å². The third-order valence-corrected chi connectivity index (χ3v) is 5.43. The molecule has 0 aliphatic carbocycles. The summed E-state index contributed by atoms with van der Waals surface area (Å²) in [7, 11) is 1.36. The summed E-state index contributed by atoms with van der Waals surface area (Å²) in [5, 5.41) is 0. The van der Waals surface area contributed by atoms with Crippen LogP contribution in [0.2, 0.25) is 0 Å². The number of methoxy groups -OCH3 is 1. The quantitative estimate of drug-likeness (QED) is 0.430. The number of esters is 1. The molecular formula is C20H34O6. The van der Waals surface area contributed by atoms with Crippen molar-refractivity contribution in [3.63, 3.8) is 0 Å². The standard InChI is InChI=1S/C20H34O6/c1-14(21)8-7-11-19(3,4)17(22)10-13-20(5)12-9-16(25-26-20)15(2)18(23)24-6/h15-16H,7-13H2,1-6H3/t15-,16+,20+/m1/s1. The molecule has 6 nitrogen and oxygen atoms in total. The van der Waals surface area contributed by atoms with Crippen LogP contribution >= 0.6 is 0 Å². The lowest BCUT2D eigenvalue weighted by atomic mass is 9.79. The number of carbonyl (C=O) groups is 3. The topological polar surface area (TPSA) is 78.9 Å². The molecular weight excluding hydrogens is 336 g/mol. The van der Waals surface area contributed by atoms with Crippen molar-refractivity contribution in [1.29, 1.82) is 0 Å². The third-order valence-electron chi connectivity index (χ3n) is 5.43. The molecule has 1 aliphatic rings. The van der Waals surface area contributed by atoms with E-state index in [0.29, 0.717) is 32.1 Å². The van der Waals surface area contributed by atoms with Crippen LogP contribution in [-0.4, -0.2) is 36.4 Å². The van der Waals surface area contributed by atoms with Crippen molar-refractivity contribution in [2.24, 2.45) is 11.3 Å². The Bertz CT molecular complexity index is 502. The Morgan fingerprint density at radius 3 is 2.42 bits per heavy atom. The van der Waals surface area contributed by atoms with Crippen LogP contribution < -0.4 is 0 Å². The van der Waals surface area contributed by atoms with E-state index in [9.17, 15) is 14.4 Å². The highest BCUT2D eigenvalue weighted by Crippen LogP contribution is 2.35. The Morgan fingerprint density at radius 1 is 1.27 bits per heavy atom. The van der Waals surface area contributed by atoms with Crippen LogP contribution in [0.1, 0.15) is 79.6 Å². The molecule has 6 heteroatoms. The van der Waals surface area contributed by atoms with Gasteiger partial charge in [0.1, 0.15) is 23.3 Å². The first-order chi connectivity index (χ1) is 12.0. The molecule has 0 spiro atoms. The second-order valence-corrected chi connectivity index (χ2v) is 8.38. The lowest BCUT2D eigenvalue weighted by Crippen LogP contribution is -2.42. The van der Waals surface area contributed by atoms with E-state index in [-0.39, 0.29) is 29.6 Å². The molecule has 0 N–H and O–H groups in total. The second-order valence-electron chi connectivity index (χ2n) is 8.38. The highest BCUT2D eigenvalue weighted by molar-refractivity contribution is 5.84. The molecule has 1 rings (SSSR count). The summed E-state index contributed by atoms with van der Waals surface area (Å²) in [6.07, 6.45) is 4.02. The Labute approximate surface area is 156 Å². The molecule has 0 unspecified atom stereocenters. The number of Topliss-reactive ketones (excluding diaryl/α,β-unsaturated/α-hetero) is 2. The summed E-state index contributed by atoms with van der Waals surface area (Å²) in [6.45, 7) is 9.14. The van der Waals surface area contributed by atoms with Crippen molar-refractivity contribution < 1.29 is 28.9 Å². The van der Waals surface area contributed by atoms with Gasteiger partial charge in [-0.2, -0.15) is 0 Å². The number of ether oxygens (including phenoxy) is 1. The molecule has 150 valence electrons. The van der Waals surface area contributed by atoms with Gasteiger partial charge in [-0.1, -0.05) is 13.8 Å². The summed E-state index contributed by atoms with van der Waals surface area (Å²) >= 11 is 0. The maximum Gasteiger partial charge on any atom is 0.311 e. The van der Waals surface area contributed by atoms with Crippen LogP contribution in [0.3, 0.4) is 0 Å². The van der Waals surface area contributed by atoms with E-state index in [2.05, 4.69) is 0 Å². The fourth-order valence-electron chi connectivity index (χ4n) is 3.19. The monoisotopic (exact) mass is 370 g/mol. The molecule has 1 heterocycles. The minimum absolute atomic E-state index is 0.157. The van der Waals surface area contributed by atoms with Gasteiger partial charge in [-0.25, -0.2) is 9.78 Å². The van der Waals surface area contributed by atoms with Crippen molar-refractivity contribution in [2.75, 3.05) is 7.11 Å². The first-order valence-corrected chi connectivity index (χ1v) is 9.46. The fourth-order valence-corrected chi connectivity index (χ4v) is 3.19. The Kier molecular flexibility index (Phi) is 8.41. The van der Waals surface area contributed by atoms with E-state index >= 15 is 0 Å². The Balaban J connectivity index is 2.45. The molecule has 3 atom stereocenters. The number of hydrogen-bond donors (Lipinski definition) is 0. The number of rotatable bonds is 10. The van der Waals surface area contributed by atoms with E-state index in [0.717, 1.165) is 12.8 Å². The van der Waals surface area contributed by atoms with E-state index in [1.165, 1.54) is 7.11 Å². The van der Waals surface area contributed by atoms with Crippen LogP contribution in [0, 0.1) is 11.3 Å². The number of hydrogen-bond acceptors (Lipinski definition) is 6. The van der Waals surface area contributed by atoms with Crippen molar-refractivity contribution in [3.8, 4) is 0 Å². The summed E-state index contributed by atoms with van der Waals surface area (Å²) in [5.41, 5.74) is -0.971. The third kappa shape index (κ3) is 6.80. The van der Waals surface area contributed by atoms with Crippen molar-refractivity contribution in [2.45, 2.75) is 91.3 Å². The molecule has 0 amide bonds. The first-order valence-electron chi connectivity index (χ1n) is 9.46. The van der Waals surface area contributed by atoms with E-state index in [1.54, 1.807) is 13.8 Å². The smallest absolute Gasteiger partial charge is 0.311 e. The van der Waals surface area contributed by atoms with Gasteiger partial charge in [0, 0.05) is 18.3 Å². The summed E-state index contributed by atoms with van der Waals surface area (Å²) < 4.78 is 4.74. The van der Waals surface area contributed by atoms with Crippen LogP contribution in [0.15, 0.2) is 0 Å². The van der Waals surface area contributed by atoms with E-state index in [1.807, 2.05) is 20.8 Å². The molecule has 0 saturated carbocycles. The molecule has 1 aliphatic heterocycles. The highest BCUT2D eigenvalue weighted by Gasteiger charge is 2.39. The minimum atomic E-state index is -0.530. The fraction of sp³-hybridized carbons (Fsp3) is 0.850. The zero-order chi connectivity index (χ0) is 20.0. The van der Waals surface area contributed by atoms with Gasteiger partial charge in [0.05, 0.1) is 13.0 Å². The van der Waals surface area contributed by atoms with E-state index in [4.69, 9.17) is 14.5 Å². The zero-order valence-corrected chi connectivity index (χ0v) is 17.1. The van der Waals surface area contributed by atoms with Crippen LogP contribution in [-0.2, 0) is 28.9 Å². The average Bonchev–Trinajstić information content (AvgIpc) is 2.58. The van der Waals surface area contributed by atoms with Crippen molar-refractivity contribution >= 4 is 17.5 Å². The van der Waals surface area contributed by atoms with Gasteiger partial charge >= 0.3 is 5.97 Å². The molecule has 26 heavy (non-hydrogen) atoms. The van der Waals surface area contributed by atoms with Gasteiger partial charge in [0.25, 0.3) is 0 Å². The summed E-state index contributed by atoms with van der Waals surface area (Å²) in [4.78, 5) is 46.3. The van der Waals surface area contributed by atoms with Crippen molar-refractivity contribution in [1.82, 2.24) is 0 Å². The van der Waals surface area contributed by atoms with Gasteiger partial charge in [0.15, 0.2) is 0 Å². The largest absolute Gasteiger partial charge is 0.469 e. The SMILES string of the molecule is COC(=O)[C@H](C)[C@@H]1CC[C@@](C)(CCC(=O)C(C)(C)CCCC(C)=O)OO1. The Morgan fingerprint density at radius 2 is 1.92 bits per heavy atom. The molecule has 0 aromatic carbocycles. The van der Waals surface area contributed by atoms with Gasteiger partial charge in [0.2, 0.25) is 0 Å². The average molecular weight is 370 g/mol. The molecule has 0 aromatic heterocycles. The van der Waals surface area contributed by atoms with Gasteiger partial charge in [-0.15, -0.1) is 0 Å². The predicted octanol–water partition coefficient (Wildman–Crippen LogP) is 3.80. The van der Waals surface area contributed by atoms with Crippen molar-refractivity contribution in [3.05, 3.63) is 0 Å². The Hall–Kier alpha value is -1.27. The minimum Gasteiger partial charge on any atom is -0.469 e. The zero-order valence-electron chi connectivity index (χ0n) is 17.1. The highest BCUT2D eigenvalue weighted by atomic mass is 17.2. The van der Waals surface area contributed by atoms with Gasteiger partial charge in [-0.05, 0) is 52.9 Å². The normalized spacial score (nSPS) is 24.8. The first kappa shape index (κ1) is 22.8. The second kappa shape index (κ2) is 9.60. The van der Waals surface area contributed by atoms with Crippen LogP contribution in [0.5, 0.6) is 0 Å². The lowest BCUT2D eigenvalue weighted by Gasteiger charge is -2.37. The molecule has 1 fully saturated rings. The molecule has 0 aromatic rings. The maximum absolute atomic E-state index is 12.6. The number of carbonyl (C=O) groups excluding carboxylic acids is 3. The molecule has 0 bridgehead atoms. The van der Waals surface area contributed by atoms with Gasteiger partial charge in [-0.3, -0.25) is 9.59 Å². The predicted molar refractivity (Wildman–Crippen MR) is 97.3 cm³/mol. The van der Waals surface area contributed by atoms with Gasteiger partial charge < -0.3 is 9.53 Å².